The Labute approximate surface area is 178 Å². The zero-order chi connectivity index (χ0) is 21.7. The van der Waals surface area contributed by atoms with Crippen LogP contribution in [0.2, 0.25) is 0 Å². The molecule has 0 radical (unpaired) electrons. The molecule has 1 aliphatic rings. The molecule has 3 unspecified atom stereocenters. The maximum atomic E-state index is 11.9. The van der Waals surface area contributed by atoms with E-state index in [2.05, 4.69) is 17.0 Å². The number of hydrogen-bond donors (Lipinski definition) is 0. The molecule has 1 fully saturated rings. The standard InChI is InChI=1S/C24H31NO5/c1-16(2)29-19-11-9-18(10-12-19)13-14-25-20(15-26)17(3)30-24(25)23-21(27-4)7-6-8-22(23)28-5/h6-12,15-17,20,24H,13-14H2,1-5H3. The molecule has 1 saturated heterocycles. The van der Waals surface area contributed by atoms with Crippen molar-refractivity contribution in [3.05, 3.63) is 53.6 Å². The highest BCUT2D eigenvalue weighted by molar-refractivity contribution is 5.60. The largest absolute Gasteiger partial charge is 0.496 e. The van der Waals surface area contributed by atoms with Crippen molar-refractivity contribution in [1.82, 2.24) is 4.90 Å². The minimum Gasteiger partial charge on any atom is -0.496 e. The van der Waals surface area contributed by atoms with E-state index >= 15 is 0 Å². The summed E-state index contributed by atoms with van der Waals surface area (Å²) in [6.45, 7) is 6.60. The molecule has 1 aliphatic heterocycles. The maximum absolute atomic E-state index is 11.9. The Morgan fingerprint density at radius 2 is 1.70 bits per heavy atom. The van der Waals surface area contributed by atoms with E-state index < -0.39 is 6.23 Å². The Morgan fingerprint density at radius 3 is 2.23 bits per heavy atom. The first-order valence-electron chi connectivity index (χ1n) is 10.3. The van der Waals surface area contributed by atoms with Gasteiger partial charge in [0.15, 0.2) is 0 Å². The number of methoxy groups -OCH3 is 2. The summed E-state index contributed by atoms with van der Waals surface area (Å²) in [5.41, 5.74) is 1.97. The van der Waals surface area contributed by atoms with Crippen molar-refractivity contribution in [3.63, 3.8) is 0 Å². The predicted molar refractivity (Wildman–Crippen MR) is 115 cm³/mol. The lowest BCUT2D eigenvalue weighted by Gasteiger charge is -2.28. The Balaban J connectivity index is 1.83. The van der Waals surface area contributed by atoms with Crippen molar-refractivity contribution in [2.75, 3.05) is 20.8 Å². The van der Waals surface area contributed by atoms with Gasteiger partial charge in [0.2, 0.25) is 0 Å². The van der Waals surface area contributed by atoms with E-state index in [1.54, 1.807) is 14.2 Å². The molecular formula is C24H31NO5. The predicted octanol–water partition coefficient (Wildman–Crippen LogP) is 4.02. The molecular weight excluding hydrogens is 382 g/mol. The lowest BCUT2D eigenvalue weighted by Crippen LogP contribution is -2.38. The van der Waals surface area contributed by atoms with Crippen LogP contribution in [0.15, 0.2) is 42.5 Å². The number of carbonyl (C=O) groups is 1. The van der Waals surface area contributed by atoms with Crippen molar-refractivity contribution in [2.45, 2.75) is 51.7 Å². The average molecular weight is 414 g/mol. The molecule has 0 aliphatic carbocycles. The van der Waals surface area contributed by atoms with E-state index in [1.807, 2.05) is 51.1 Å². The molecule has 0 bridgehead atoms. The first-order valence-corrected chi connectivity index (χ1v) is 10.3. The lowest BCUT2D eigenvalue weighted by molar-refractivity contribution is -0.112. The van der Waals surface area contributed by atoms with Crippen LogP contribution >= 0.6 is 0 Å². The molecule has 30 heavy (non-hydrogen) atoms. The summed E-state index contributed by atoms with van der Waals surface area (Å²) in [5, 5.41) is 0. The van der Waals surface area contributed by atoms with Crippen LogP contribution in [0.25, 0.3) is 0 Å². The summed E-state index contributed by atoms with van der Waals surface area (Å²) in [7, 11) is 3.25. The average Bonchev–Trinajstić information content (AvgIpc) is 3.06. The highest BCUT2D eigenvalue weighted by Crippen LogP contribution is 2.43. The smallest absolute Gasteiger partial charge is 0.145 e. The molecule has 6 nitrogen and oxygen atoms in total. The Bertz CT molecular complexity index is 814. The summed E-state index contributed by atoms with van der Waals surface area (Å²) >= 11 is 0. The van der Waals surface area contributed by atoms with E-state index in [4.69, 9.17) is 18.9 Å². The van der Waals surface area contributed by atoms with Crippen LogP contribution in [-0.2, 0) is 16.0 Å². The second-order valence-electron chi connectivity index (χ2n) is 7.69. The van der Waals surface area contributed by atoms with Crippen molar-refractivity contribution >= 4 is 6.29 Å². The minimum atomic E-state index is -0.426. The van der Waals surface area contributed by atoms with Crippen LogP contribution in [-0.4, -0.2) is 50.2 Å². The Morgan fingerprint density at radius 1 is 1.07 bits per heavy atom. The number of ether oxygens (including phenoxy) is 4. The molecule has 3 atom stereocenters. The SMILES string of the molecule is COc1cccc(OC)c1C1OC(C)C(C=O)N1CCc1ccc(OC(C)C)cc1. The van der Waals surface area contributed by atoms with Gasteiger partial charge in [0.1, 0.15) is 29.8 Å². The van der Waals surface area contributed by atoms with Gasteiger partial charge in [-0.1, -0.05) is 18.2 Å². The van der Waals surface area contributed by atoms with Crippen LogP contribution in [0.5, 0.6) is 17.2 Å². The third-order valence-corrected chi connectivity index (χ3v) is 5.31. The summed E-state index contributed by atoms with van der Waals surface area (Å²) < 4.78 is 23.1. The van der Waals surface area contributed by atoms with Crippen LogP contribution in [0.3, 0.4) is 0 Å². The van der Waals surface area contributed by atoms with Gasteiger partial charge < -0.3 is 23.7 Å². The summed E-state index contributed by atoms with van der Waals surface area (Å²) in [5.74, 6) is 2.21. The number of nitrogens with zero attached hydrogens (tertiary/aromatic N) is 1. The maximum Gasteiger partial charge on any atom is 0.145 e. The molecule has 2 aromatic rings. The molecule has 0 N–H and O–H groups in total. The topological polar surface area (TPSA) is 57.2 Å². The number of rotatable bonds is 9. The molecule has 162 valence electrons. The number of aldehydes is 1. The van der Waals surface area contributed by atoms with E-state index in [9.17, 15) is 4.79 Å². The molecule has 0 aromatic heterocycles. The highest BCUT2D eigenvalue weighted by Gasteiger charge is 2.42. The zero-order valence-corrected chi connectivity index (χ0v) is 18.3. The quantitative estimate of drug-likeness (QED) is 0.579. The van der Waals surface area contributed by atoms with Gasteiger partial charge in [0.05, 0.1) is 38.0 Å². The zero-order valence-electron chi connectivity index (χ0n) is 18.3. The first-order chi connectivity index (χ1) is 14.5. The fourth-order valence-electron chi connectivity index (χ4n) is 3.87. The fourth-order valence-corrected chi connectivity index (χ4v) is 3.87. The van der Waals surface area contributed by atoms with Crippen molar-refractivity contribution in [3.8, 4) is 17.2 Å². The van der Waals surface area contributed by atoms with E-state index in [0.29, 0.717) is 18.0 Å². The van der Waals surface area contributed by atoms with Gasteiger partial charge >= 0.3 is 0 Å². The molecule has 0 spiro atoms. The number of hydrogen-bond acceptors (Lipinski definition) is 6. The van der Waals surface area contributed by atoms with Crippen LogP contribution in [0, 0.1) is 0 Å². The van der Waals surface area contributed by atoms with Crippen molar-refractivity contribution in [2.24, 2.45) is 0 Å². The van der Waals surface area contributed by atoms with Crippen LogP contribution in [0.1, 0.15) is 38.1 Å². The molecule has 1 heterocycles. The molecule has 0 saturated carbocycles. The van der Waals surface area contributed by atoms with Gasteiger partial charge in [-0.05, 0) is 57.0 Å². The van der Waals surface area contributed by atoms with Gasteiger partial charge in [-0.2, -0.15) is 0 Å². The lowest BCUT2D eigenvalue weighted by atomic mass is 10.1. The third kappa shape index (κ3) is 4.77. The van der Waals surface area contributed by atoms with Crippen LogP contribution in [0.4, 0.5) is 0 Å². The second kappa shape index (κ2) is 9.96. The van der Waals surface area contributed by atoms with E-state index in [1.165, 1.54) is 5.56 Å². The Kier molecular flexibility index (Phi) is 7.34. The van der Waals surface area contributed by atoms with Crippen LogP contribution < -0.4 is 14.2 Å². The van der Waals surface area contributed by atoms with Gasteiger partial charge in [-0.15, -0.1) is 0 Å². The molecule has 2 aromatic carbocycles. The monoisotopic (exact) mass is 413 g/mol. The highest BCUT2D eigenvalue weighted by atomic mass is 16.5. The van der Waals surface area contributed by atoms with Crippen molar-refractivity contribution < 1.29 is 23.7 Å². The Hall–Kier alpha value is -2.57. The molecule has 0 amide bonds. The minimum absolute atomic E-state index is 0.143. The van der Waals surface area contributed by atoms with Gasteiger partial charge in [0.25, 0.3) is 0 Å². The summed E-state index contributed by atoms with van der Waals surface area (Å²) in [4.78, 5) is 14.0. The summed E-state index contributed by atoms with van der Waals surface area (Å²) in [6, 6.07) is 13.4. The number of carbonyl (C=O) groups excluding carboxylic acids is 1. The van der Waals surface area contributed by atoms with Crippen molar-refractivity contribution in [1.29, 1.82) is 0 Å². The third-order valence-electron chi connectivity index (χ3n) is 5.31. The van der Waals surface area contributed by atoms with Gasteiger partial charge in [-0.3, -0.25) is 4.90 Å². The van der Waals surface area contributed by atoms with E-state index in [0.717, 1.165) is 24.0 Å². The normalized spacial score (nSPS) is 21.6. The van der Waals surface area contributed by atoms with Gasteiger partial charge in [-0.25, -0.2) is 0 Å². The fraction of sp³-hybridized carbons (Fsp3) is 0.458. The van der Waals surface area contributed by atoms with E-state index in [-0.39, 0.29) is 18.2 Å². The first kappa shape index (κ1) is 22.1. The second-order valence-corrected chi connectivity index (χ2v) is 7.69. The molecule has 3 rings (SSSR count). The molecule has 6 heteroatoms. The van der Waals surface area contributed by atoms with Gasteiger partial charge in [0, 0.05) is 6.54 Å². The summed E-state index contributed by atoms with van der Waals surface area (Å²) in [6.07, 6.45) is 1.22. The number of benzene rings is 2.